The van der Waals surface area contributed by atoms with Crippen molar-refractivity contribution in [1.29, 1.82) is 0 Å². The van der Waals surface area contributed by atoms with Crippen LogP contribution in [0.2, 0.25) is 0 Å². The number of nitrogens with zero attached hydrogens (tertiary/aromatic N) is 2. The van der Waals surface area contributed by atoms with Gasteiger partial charge in [-0.25, -0.2) is 4.98 Å². The summed E-state index contributed by atoms with van der Waals surface area (Å²) in [5.74, 6) is 0.972. The van der Waals surface area contributed by atoms with Crippen LogP contribution in [0.4, 0.5) is 17.5 Å². The molecule has 1 aromatic carbocycles. The molecule has 0 atom stereocenters. The quantitative estimate of drug-likeness (QED) is 0.690. The largest absolute Gasteiger partial charge is 0.384 e. The maximum absolute atomic E-state index is 5.61. The van der Waals surface area contributed by atoms with Gasteiger partial charge >= 0.3 is 0 Å². The van der Waals surface area contributed by atoms with Crippen molar-refractivity contribution in [3.63, 3.8) is 0 Å². The monoisotopic (exact) mass is 257 g/mol. The van der Waals surface area contributed by atoms with E-state index in [9.17, 15) is 0 Å². The molecule has 0 aliphatic rings. The van der Waals surface area contributed by atoms with Crippen molar-refractivity contribution < 1.29 is 0 Å². The summed E-state index contributed by atoms with van der Waals surface area (Å²) in [7, 11) is 0. The molecule has 5 nitrogen and oxygen atoms in total. The molecule has 0 aliphatic carbocycles. The minimum atomic E-state index is 0.458. The van der Waals surface area contributed by atoms with Gasteiger partial charge in [0.1, 0.15) is 5.82 Å². The lowest BCUT2D eigenvalue weighted by Gasteiger charge is -2.06. The smallest absolute Gasteiger partial charge is 0.229 e. The highest BCUT2D eigenvalue weighted by molar-refractivity contribution is 5.54. The summed E-state index contributed by atoms with van der Waals surface area (Å²) in [6.07, 6.45) is 2.67. The van der Waals surface area contributed by atoms with Gasteiger partial charge in [0.15, 0.2) is 0 Å². The van der Waals surface area contributed by atoms with Crippen molar-refractivity contribution in [3.05, 3.63) is 42.1 Å². The van der Waals surface area contributed by atoms with Crippen LogP contribution in [0.1, 0.15) is 12.5 Å². The average molecular weight is 257 g/mol. The van der Waals surface area contributed by atoms with E-state index in [2.05, 4.69) is 39.7 Å². The standard InChI is InChI=1S/C14H19N5/c1-2-16-9-7-11-3-5-12(6-4-11)18-14-17-10-8-13(15)19-14/h3-6,8,10,16H,2,7,9H2,1H3,(H3,15,17,18,19). The first-order valence-electron chi connectivity index (χ1n) is 6.43. The lowest BCUT2D eigenvalue weighted by atomic mass is 10.1. The van der Waals surface area contributed by atoms with Gasteiger partial charge in [0.2, 0.25) is 5.95 Å². The summed E-state index contributed by atoms with van der Waals surface area (Å²) in [6, 6.07) is 9.91. The lowest BCUT2D eigenvalue weighted by Crippen LogP contribution is -2.15. The number of rotatable bonds is 6. The van der Waals surface area contributed by atoms with Crippen LogP contribution in [-0.4, -0.2) is 23.1 Å². The minimum absolute atomic E-state index is 0.458. The van der Waals surface area contributed by atoms with Crippen molar-refractivity contribution >= 4 is 17.5 Å². The molecule has 0 fully saturated rings. The first kappa shape index (κ1) is 13.3. The van der Waals surface area contributed by atoms with E-state index in [1.807, 2.05) is 12.1 Å². The Balaban J connectivity index is 1.95. The fourth-order valence-corrected chi connectivity index (χ4v) is 1.73. The predicted molar refractivity (Wildman–Crippen MR) is 78.4 cm³/mol. The van der Waals surface area contributed by atoms with Gasteiger partial charge in [-0.15, -0.1) is 0 Å². The molecule has 1 aromatic heterocycles. The maximum Gasteiger partial charge on any atom is 0.229 e. The van der Waals surface area contributed by atoms with Crippen molar-refractivity contribution in [3.8, 4) is 0 Å². The second-order valence-electron chi connectivity index (χ2n) is 4.23. The zero-order valence-electron chi connectivity index (χ0n) is 11.1. The van der Waals surface area contributed by atoms with E-state index in [0.717, 1.165) is 25.2 Å². The first-order chi connectivity index (χ1) is 9.28. The molecule has 2 aromatic rings. The van der Waals surface area contributed by atoms with Gasteiger partial charge in [0.25, 0.3) is 0 Å². The molecule has 0 saturated heterocycles. The molecule has 100 valence electrons. The van der Waals surface area contributed by atoms with Crippen molar-refractivity contribution in [2.75, 3.05) is 24.1 Å². The predicted octanol–water partition coefficient (Wildman–Crippen LogP) is 1.95. The summed E-state index contributed by atoms with van der Waals surface area (Å²) in [5, 5.41) is 6.43. The average Bonchev–Trinajstić information content (AvgIpc) is 2.41. The van der Waals surface area contributed by atoms with E-state index >= 15 is 0 Å². The van der Waals surface area contributed by atoms with Crippen LogP contribution >= 0.6 is 0 Å². The Morgan fingerprint density at radius 3 is 2.63 bits per heavy atom. The molecule has 4 N–H and O–H groups in total. The van der Waals surface area contributed by atoms with Gasteiger partial charge in [-0.1, -0.05) is 19.1 Å². The maximum atomic E-state index is 5.61. The molecule has 0 spiro atoms. The summed E-state index contributed by atoms with van der Waals surface area (Å²) >= 11 is 0. The third-order valence-corrected chi connectivity index (χ3v) is 2.73. The van der Waals surface area contributed by atoms with Crippen molar-refractivity contribution in [2.45, 2.75) is 13.3 Å². The number of hydrogen-bond acceptors (Lipinski definition) is 5. The topological polar surface area (TPSA) is 75.9 Å². The van der Waals surface area contributed by atoms with Crippen molar-refractivity contribution in [2.24, 2.45) is 0 Å². The normalized spacial score (nSPS) is 10.4. The van der Waals surface area contributed by atoms with Crippen LogP contribution < -0.4 is 16.4 Å². The van der Waals surface area contributed by atoms with Gasteiger partial charge < -0.3 is 16.4 Å². The lowest BCUT2D eigenvalue weighted by molar-refractivity contribution is 0.716. The van der Waals surface area contributed by atoms with Gasteiger partial charge in [0.05, 0.1) is 0 Å². The Hall–Kier alpha value is -2.14. The Bertz CT molecular complexity index is 509. The number of anilines is 3. The molecule has 0 radical (unpaired) electrons. The van der Waals surface area contributed by atoms with Gasteiger partial charge in [-0.05, 0) is 43.3 Å². The van der Waals surface area contributed by atoms with Crippen LogP contribution in [0.25, 0.3) is 0 Å². The summed E-state index contributed by atoms with van der Waals surface area (Å²) < 4.78 is 0. The van der Waals surface area contributed by atoms with Crippen LogP contribution in [0, 0.1) is 0 Å². The molecular weight excluding hydrogens is 238 g/mol. The Morgan fingerprint density at radius 1 is 1.16 bits per heavy atom. The number of likely N-dealkylation sites (N-methyl/N-ethyl adjacent to an activating group) is 1. The fourth-order valence-electron chi connectivity index (χ4n) is 1.73. The Morgan fingerprint density at radius 2 is 1.95 bits per heavy atom. The molecular formula is C14H19N5. The highest BCUT2D eigenvalue weighted by Gasteiger charge is 1.98. The zero-order chi connectivity index (χ0) is 13.5. The van der Waals surface area contributed by atoms with E-state index in [-0.39, 0.29) is 0 Å². The molecule has 0 aliphatic heterocycles. The van der Waals surface area contributed by atoms with Gasteiger partial charge in [0, 0.05) is 11.9 Å². The zero-order valence-corrected chi connectivity index (χ0v) is 11.1. The van der Waals surface area contributed by atoms with Crippen LogP contribution in [0.5, 0.6) is 0 Å². The number of benzene rings is 1. The third-order valence-electron chi connectivity index (χ3n) is 2.73. The fraction of sp³-hybridized carbons (Fsp3) is 0.286. The van der Waals surface area contributed by atoms with E-state index in [1.54, 1.807) is 12.3 Å². The first-order valence-corrected chi connectivity index (χ1v) is 6.43. The molecule has 2 rings (SSSR count). The summed E-state index contributed by atoms with van der Waals surface area (Å²) in [6.45, 7) is 4.12. The summed E-state index contributed by atoms with van der Waals surface area (Å²) in [5.41, 5.74) is 7.87. The van der Waals surface area contributed by atoms with E-state index in [1.165, 1.54) is 5.56 Å². The van der Waals surface area contributed by atoms with Crippen LogP contribution in [0.15, 0.2) is 36.5 Å². The SMILES string of the molecule is CCNCCc1ccc(Nc2nccc(N)n2)cc1. The van der Waals surface area contributed by atoms with E-state index in [4.69, 9.17) is 5.73 Å². The second-order valence-corrected chi connectivity index (χ2v) is 4.23. The second kappa shape index (κ2) is 6.70. The Labute approximate surface area is 113 Å². The van der Waals surface area contributed by atoms with Gasteiger partial charge in [-0.2, -0.15) is 4.98 Å². The Kier molecular flexibility index (Phi) is 4.69. The molecule has 1 heterocycles. The number of nitrogen functional groups attached to an aromatic ring is 1. The molecule has 5 heteroatoms. The minimum Gasteiger partial charge on any atom is -0.384 e. The number of hydrogen-bond donors (Lipinski definition) is 3. The van der Waals surface area contributed by atoms with Crippen LogP contribution in [-0.2, 0) is 6.42 Å². The molecule has 0 unspecified atom stereocenters. The molecule has 19 heavy (non-hydrogen) atoms. The van der Waals surface area contributed by atoms with E-state index < -0.39 is 0 Å². The van der Waals surface area contributed by atoms with Crippen molar-refractivity contribution in [1.82, 2.24) is 15.3 Å². The number of nitrogens with two attached hydrogens (primary N) is 1. The van der Waals surface area contributed by atoms with Gasteiger partial charge in [-0.3, -0.25) is 0 Å². The number of aromatic nitrogens is 2. The molecule has 0 bridgehead atoms. The highest BCUT2D eigenvalue weighted by Crippen LogP contribution is 2.14. The number of nitrogens with one attached hydrogen (secondary N) is 2. The molecule has 0 amide bonds. The summed E-state index contributed by atoms with van der Waals surface area (Å²) in [4.78, 5) is 8.20. The third kappa shape index (κ3) is 4.22. The molecule has 0 saturated carbocycles. The van der Waals surface area contributed by atoms with E-state index in [0.29, 0.717) is 11.8 Å². The highest BCUT2D eigenvalue weighted by atomic mass is 15.1. The van der Waals surface area contributed by atoms with Crippen LogP contribution in [0.3, 0.4) is 0 Å².